The van der Waals surface area contributed by atoms with Gasteiger partial charge >= 0.3 is 12.2 Å². The van der Waals surface area contributed by atoms with Crippen LogP contribution in [0.3, 0.4) is 0 Å². The van der Waals surface area contributed by atoms with Crippen molar-refractivity contribution in [3.8, 4) is 0 Å². The molecule has 3 aliphatic rings. The highest BCUT2D eigenvalue weighted by Gasteiger charge is 2.43. The van der Waals surface area contributed by atoms with Crippen LogP contribution in [-0.4, -0.2) is 66.0 Å². The molecule has 3 fully saturated rings. The number of nitrogens with one attached hydrogen (secondary N) is 1. The average molecular weight is 629 g/mol. The molecule has 240 valence electrons. The van der Waals surface area contributed by atoms with E-state index in [4.69, 9.17) is 4.42 Å². The van der Waals surface area contributed by atoms with Crippen LogP contribution >= 0.6 is 0 Å². The van der Waals surface area contributed by atoms with Crippen LogP contribution in [0.4, 0.5) is 39.9 Å². The summed E-state index contributed by atoms with van der Waals surface area (Å²) in [4.78, 5) is 39.5. The third-order valence-electron chi connectivity index (χ3n) is 9.23. The number of piperidine rings is 2. The van der Waals surface area contributed by atoms with Crippen molar-refractivity contribution in [2.24, 2.45) is 11.3 Å². The van der Waals surface area contributed by atoms with Crippen LogP contribution in [-0.2, 0) is 12.6 Å². The number of oxazole rings is 1. The predicted molar refractivity (Wildman–Crippen MR) is 160 cm³/mol. The summed E-state index contributed by atoms with van der Waals surface area (Å²) in [7, 11) is 0. The molecule has 3 aromatic rings. The Balaban J connectivity index is 1.05. The van der Waals surface area contributed by atoms with Crippen molar-refractivity contribution >= 4 is 29.3 Å². The second-order valence-corrected chi connectivity index (χ2v) is 12.6. The summed E-state index contributed by atoms with van der Waals surface area (Å²) < 4.78 is 60.8. The number of para-hydroxylation sites is 1. The number of nitrogens with zero attached hydrogens (tertiary/aromatic N) is 5. The summed E-state index contributed by atoms with van der Waals surface area (Å²) in [6.07, 6.45) is 0.739. The van der Waals surface area contributed by atoms with E-state index >= 15 is 0 Å². The number of rotatable bonds is 6. The van der Waals surface area contributed by atoms with Gasteiger partial charge in [0.15, 0.2) is 5.69 Å². The summed E-state index contributed by atoms with van der Waals surface area (Å²) in [6.45, 7) is 5.72. The summed E-state index contributed by atoms with van der Waals surface area (Å²) in [5.74, 6) is -1.03. The van der Waals surface area contributed by atoms with E-state index in [0.29, 0.717) is 37.7 Å². The molecule has 3 saturated heterocycles. The molecule has 1 N–H and O–H groups in total. The highest BCUT2D eigenvalue weighted by atomic mass is 19.4. The first-order valence-corrected chi connectivity index (χ1v) is 15.4. The first-order chi connectivity index (χ1) is 21.5. The minimum atomic E-state index is -4.82. The number of anilines is 3. The number of alkyl halides is 3. The third kappa shape index (κ3) is 6.76. The molecule has 45 heavy (non-hydrogen) atoms. The van der Waals surface area contributed by atoms with Crippen molar-refractivity contribution in [1.82, 2.24) is 14.9 Å². The van der Waals surface area contributed by atoms with Crippen molar-refractivity contribution in [2.75, 3.05) is 54.4 Å². The number of amides is 2. The Bertz CT molecular complexity index is 1530. The Morgan fingerprint density at radius 1 is 1.04 bits per heavy atom. The van der Waals surface area contributed by atoms with Gasteiger partial charge in [0.1, 0.15) is 11.6 Å². The number of likely N-dealkylation sites (tertiary alicyclic amines) is 1. The molecular formula is C32H36F4N6O3. The smallest absolute Gasteiger partial charge is 0.420 e. The molecule has 1 aromatic carbocycles. The lowest BCUT2D eigenvalue weighted by molar-refractivity contribution is -0.141. The van der Waals surface area contributed by atoms with Gasteiger partial charge in [-0.2, -0.15) is 18.2 Å². The molecule has 3 aliphatic heterocycles. The van der Waals surface area contributed by atoms with Crippen molar-refractivity contribution in [1.29, 1.82) is 0 Å². The number of benzene rings is 1. The van der Waals surface area contributed by atoms with Crippen LogP contribution in [0.15, 0.2) is 47.0 Å². The molecule has 13 heteroatoms. The molecule has 2 amide bonds. The Hall–Kier alpha value is -4.16. The van der Waals surface area contributed by atoms with E-state index in [2.05, 4.69) is 20.2 Å². The second-order valence-electron chi connectivity index (χ2n) is 12.6. The molecule has 2 aromatic heterocycles. The van der Waals surface area contributed by atoms with Gasteiger partial charge in [-0.1, -0.05) is 25.1 Å². The van der Waals surface area contributed by atoms with Gasteiger partial charge in [0, 0.05) is 51.9 Å². The number of hydrogen-bond acceptors (Lipinski definition) is 7. The van der Waals surface area contributed by atoms with E-state index in [1.165, 1.54) is 18.3 Å². The van der Waals surface area contributed by atoms with Gasteiger partial charge in [-0.25, -0.2) is 14.2 Å². The number of halogens is 4. The van der Waals surface area contributed by atoms with Crippen LogP contribution in [0.2, 0.25) is 0 Å². The molecule has 0 radical (unpaired) electrons. The van der Waals surface area contributed by atoms with E-state index in [1.54, 1.807) is 34.1 Å². The number of carbonyl (C=O) groups is 2. The van der Waals surface area contributed by atoms with Gasteiger partial charge in [-0.3, -0.25) is 4.79 Å². The predicted octanol–water partition coefficient (Wildman–Crippen LogP) is 6.41. The van der Waals surface area contributed by atoms with E-state index in [1.807, 2.05) is 6.92 Å². The molecule has 9 nitrogen and oxygen atoms in total. The minimum absolute atomic E-state index is 0.0231. The fourth-order valence-electron chi connectivity index (χ4n) is 6.64. The van der Waals surface area contributed by atoms with E-state index < -0.39 is 29.2 Å². The lowest BCUT2D eigenvalue weighted by Crippen LogP contribution is -2.46. The molecule has 6 rings (SSSR count). The van der Waals surface area contributed by atoms with Gasteiger partial charge in [-0.05, 0) is 67.2 Å². The number of ketones is 1. The first kappa shape index (κ1) is 30.8. The molecule has 1 unspecified atom stereocenters. The lowest BCUT2D eigenvalue weighted by atomic mass is 9.78. The molecular weight excluding hydrogens is 592 g/mol. The monoisotopic (exact) mass is 628 g/mol. The molecule has 0 saturated carbocycles. The number of carbonyl (C=O) groups excluding carboxylic acids is 2. The Labute approximate surface area is 258 Å². The maximum Gasteiger partial charge on any atom is 0.437 e. The number of pyridine rings is 1. The van der Waals surface area contributed by atoms with Crippen LogP contribution < -0.4 is 15.1 Å². The molecule has 0 aliphatic carbocycles. The standard InChI is InChI=1S/C32H36F4N6O3/c1-21-5-4-13-41(19-21)30-39-28(32(34,35)36)27(45-30)25(43)17-22-8-9-26(37-18-22)42-16-12-31(20-42)10-14-40(15-11-31)29(44)38-24-7-3-2-6-23(24)33/h2-3,6-9,18,21H,4-5,10-17,19-20H2,1H3,(H,38,44). The van der Waals surface area contributed by atoms with Crippen molar-refractivity contribution in [2.45, 2.75) is 51.6 Å². The zero-order valence-electron chi connectivity index (χ0n) is 25.1. The fourth-order valence-corrected chi connectivity index (χ4v) is 6.64. The van der Waals surface area contributed by atoms with Crippen LogP contribution in [0.5, 0.6) is 0 Å². The minimum Gasteiger partial charge on any atom is -0.420 e. The van der Waals surface area contributed by atoms with Crippen molar-refractivity contribution < 1.29 is 31.6 Å². The highest BCUT2D eigenvalue weighted by Crippen LogP contribution is 2.42. The van der Waals surface area contributed by atoms with Gasteiger partial charge in [0.05, 0.1) is 5.69 Å². The van der Waals surface area contributed by atoms with Gasteiger partial charge in [0.25, 0.3) is 6.01 Å². The summed E-state index contributed by atoms with van der Waals surface area (Å²) >= 11 is 0. The lowest BCUT2D eigenvalue weighted by Gasteiger charge is -2.39. The highest BCUT2D eigenvalue weighted by molar-refractivity contribution is 5.96. The Morgan fingerprint density at radius 2 is 1.80 bits per heavy atom. The Morgan fingerprint density at radius 3 is 2.49 bits per heavy atom. The first-order valence-electron chi connectivity index (χ1n) is 15.4. The number of urea groups is 1. The molecule has 0 bridgehead atoms. The second kappa shape index (κ2) is 12.3. The molecule has 5 heterocycles. The topological polar surface area (TPSA) is 94.8 Å². The maximum atomic E-state index is 14.0. The van der Waals surface area contributed by atoms with Crippen LogP contribution in [0, 0.1) is 17.2 Å². The van der Waals surface area contributed by atoms with Gasteiger partial charge in [0.2, 0.25) is 11.5 Å². The SMILES string of the molecule is CC1CCCN(c2nc(C(F)(F)F)c(C(=O)Cc3ccc(N4CCC5(CCN(C(=O)Nc6ccccc6F)CC5)C4)nc3)o2)C1. The molecule has 1 atom stereocenters. The average Bonchev–Trinajstić information content (AvgIpc) is 3.65. The summed E-state index contributed by atoms with van der Waals surface area (Å²) in [5.41, 5.74) is -0.632. The third-order valence-corrected chi connectivity index (χ3v) is 9.23. The summed E-state index contributed by atoms with van der Waals surface area (Å²) in [5, 5.41) is 2.65. The fraction of sp³-hybridized carbons (Fsp3) is 0.500. The quantitative estimate of drug-likeness (QED) is 0.249. The van der Waals surface area contributed by atoms with Gasteiger partial charge in [-0.15, -0.1) is 0 Å². The van der Waals surface area contributed by atoms with Crippen LogP contribution in [0.25, 0.3) is 0 Å². The largest absolute Gasteiger partial charge is 0.437 e. The van der Waals surface area contributed by atoms with E-state index in [-0.39, 0.29) is 29.6 Å². The summed E-state index contributed by atoms with van der Waals surface area (Å²) in [6, 6.07) is 9.08. The van der Waals surface area contributed by atoms with Crippen molar-refractivity contribution in [3.05, 3.63) is 65.4 Å². The van der Waals surface area contributed by atoms with Gasteiger partial charge < -0.3 is 24.4 Å². The number of aromatic nitrogens is 2. The zero-order valence-corrected chi connectivity index (χ0v) is 25.1. The van der Waals surface area contributed by atoms with E-state index in [9.17, 15) is 27.2 Å². The number of hydrogen-bond donors (Lipinski definition) is 1. The van der Waals surface area contributed by atoms with E-state index in [0.717, 1.165) is 51.0 Å². The van der Waals surface area contributed by atoms with Crippen molar-refractivity contribution in [3.63, 3.8) is 0 Å². The normalized spacial score (nSPS) is 20.1. The number of Topliss-reactive ketones (excluding diaryl/α,β-unsaturated/α-hetero) is 1. The Kier molecular flexibility index (Phi) is 8.45. The van der Waals surface area contributed by atoms with Crippen LogP contribution in [0.1, 0.15) is 60.8 Å². The molecule has 1 spiro atoms. The zero-order chi connectivity index (χ0) is 31.8. The maximum absolute atomic E-state index is 14.0.